The van der Waals surface area contributed by atoms with E-state index >= 15 is 0 Å². The molecule has 0 unspecified atom stereocenters. The number of nitrogens with one attached hydrogen (secondary N) is 1. The van der Waals surface area contributed by atoms with E-state index in [-0.39, 0.29) is 23.2 Å². The van der Waals surface area contributed by atoms with E-state index in [0.717, 1.165) is 28.8 Å². The minimum atomic E-state index is -4.61. The summed E-state index contributed by atoms with van der Waals surface area (Å²) in [5, 5.41) is 1.76. The van der Waals surface area contributed by atoms with Crippen LogP contribution in [0.1, 0.15) is 12.0 Å². The number of carbonyl (C=O) groups excluding carboxylic acids is 2. The molecule has 1 aliphatic rings. The highest BCUT2D eigenvalue weighted by Crippen LogP contribution is 2.37. The van der Waals surface area contributed by atoms with Gasteiger partial charge in [0.1, 0.15) is 11.0 Å². The summed E-state index contributed by atoms with van der Waals surface area (Å²) in [6, 6.07) is 9.82. The highest BCUT2D eigenvalue weighted by atomic mass is 35.5. The van der Waals surface area contributed by atoms with E-state index in [1.54, 1.807) is 24.3 Å². The van der Waals surface area contributed by atoms with Crippen LogP contribution in [-0.2, 0) is 15.8 Å². The zero-order valence-corrected chi connectivity index (χ0v) is 17.9. The Kier molecular flexibility index (Phi) is 6.80. The zero-order chi connectivity index (χ0) is 22.8. The van der Waals surface area contributed by atoms with E-state index in [1.807, 2.05) is 0 Å². The molecule has 0 aromatic heterocycles. The van der Waals surface area contributed by atoms with Gasteiger partial charge in [0.25, 0.3) is 0 Å². The molecule has 1 N–H and O–H groups in total. The van der Waals surface area contributed by atoms with Gasteiger partial charge in [-0.05, 0) is 42.5 Å². The molecule has 2 aromatic carbocycles. The molecule has 164 valence electrons. The first-order valence-electron chi connectivity index (χ1n) is 8.92. The predicted molar refractivity (Wildman–Crippen MR) is 115 cm³/mol. The van der Waals surface area contributed by atoms with E-state index in [0.29, 0.717) is 11.4 Å². The number of carbonyl (C=O) groups is 2. The van der Waals surface area contributed by atoms with Crippen molar-refractivity contribution in [2.24, 2.45) is 4.99 Å². The second-order valence-corrected chi connectivity index (χ2v) is 8.02. The smallest absolute Gasteiger partial charge is 0.417 e. The van der Waals surface area contributed by atoms with Crippen molar-refractivity contribution in [3.63, 3.8) is 0 Å². The molecule has 3 rings (SSSR count). The number of nitrogens with zero attached hydrogens (tertiary/aromatic N) is 2. The number of hydrogen-bond donors (Lipinski definition) is 1. The minimum absolute atomic E-state index is 0.0648. The molecule has 11 heteroatoms. The van der Waals surface area contributed by atoms with Crippen LogP contribution in [0.2, 0.25) is 5.02 Å². The number of amides is 2. The molecule has 2 aromatic rings. The Hall–Kier alpha value is -2.72. The van der Waals surface area contributed by atoms with Gasteiger partial charge < -0.3 is 10.1 Å². The average molecular weight is 472 g/mol. The first-order chi connectivity index (χ1) is 14.6. The van der Waals surface area contributed by atoms with Crippen molar-refractivity contribution in [1.29, 1.82) is 0 Å². The molecule has 0 aliphatic carbocycles. The molecule has 0 radical (unpaired) electrons. The number of alkyl halides is 3. The molecule has 1 heterocycles. The Bertz CT molecular complexity index is 1030. The summed E-state index contributed by atoms with van der Waals surface area (Å²) < 4.78 is 44.3. The fourth-order valence-corrected chi connectivity index (χ4v) is 4.12. The summed E-state index contributed by atoms with van der Waals surface area (Å²) in [6.45, 7) is 0. The third-order valence-electron chi connectivity index (χ3n) is 4.42. The number of aliphatic imine (C=N–C) groups is 1. The molecule has 1 atom stereocenters. The lowest BCUT2D eigenvalue weighted by Gasteiger charge is -2.16. The molecule has 1 fully saturated rings. The van der Waals surface area contributed by atoms with Gasteiger partial charge in [-0.2, -0.15) is 13.2 Å². The average Bonchev–Trinajstić information content (AvgIpc) is 3.01. The van der Waals surface area contributed by atoms with Gasteiger partial charge in [-0.15, -0.1) is 0 Å². The number of halogens is 4. The van der Waals surface area contributed by atoms with Crippen LogP contribution in [0.3, 0.4) is 0 Å². The summed E-state index contributed by atoms with van der Waals surface area (Å²) in [5.74, 6) is -0.233. The van der Waals surface area contributed by atoms with E-state index < -0.39 is 27.9 Å². The van der Waals surface area contributed by atoms with Gasteiger partial charge in [-0.1, -0.05) is 23.4 Å². The number of methoxy groups -OCH3 is 1. The molecule has 1 aliphatic heterocycles. The van der Waals surface area contributed by atoms with Crippen molar-refractivity contribution in [3.8, 4) is 5.75 Å². The third-order valence-corrected chi connectivity index (χ3v) is 5.91. The molecule has 0 spiro atoms. The molecule has 0 bridgehead atoms. The number of ether oxygens (including phenoxy) is 1. The molecule has 6 nitrogen and oxygen atoms in total. The van der Waals surface area contributed by atoms with Crippen molar-refractivity contribution in [3.05, 3.63) is 53.1 Å². The van der Waals surface area contributed by atoms with Crippen LogP contribution in [0.5, 0.6) is 5.75 Å². The van der Waals surface area contributed by atoms with Crippen molar-refractivity contribution in [1.82, 2.24) is 0 Å². The molecular formula is C20H17ClF3N3O3S. The monoisotopic (exact) mass is 471 g/mol. The van der Waals surface area contributed by atoms with E-state index in [2.05, 4.69) is 10.3 Å². The molecule has 31 heavy (non-hydrogen) atoms. The number of rotatable bonds is 4. The number of imide groups is 1. The Morgan fingerprint density at radius 3 is 2.48 bits per heavy atom. The van der Waals surface area contributed by atoms with Crippen LogP contribution in [0.15, 0.2) is 47.5 Å². The van der Waals surface area contributed by atoms with Crippen LogP contribution in [0, 0.1) is 0 Å². The van der Waals surface area contributed by atoms with Crippen molar-refractivity contribution in [2.75, 3.05) is 24.4 Å². The van der Waals surface area contributed by atoms with Crippen LogP contribution in [0.25, 0.3) is 0 Å². The van der Waals surface area contributed by atoms with Crippen molar-refractivity contribution >= 4 is 51.7 Å². The van der Waals surface area contributed by atoms with Crippen LogP contribution in [0.4, 0.5) is 24.5 Å². The summed E-state index contributed by atoms with van der Waals surface area (Å²) >= 11 is 6.61. The second kappa shape index (κ2) is 9.19. The predicted octanol–water partition coefficient (Wildman–Crippen LogP) is 4.83. The summed E-state index contributed by atoms with van der Waals surface area (Å²) in [5.41, 5.74) is -0.472. The van der Waals surface area contributed by atoms with Gasteiger partial charge >= 0.3 is 6.18 Å². The molecule has 0 saturated carbocycles. The van der Waals surface area contributed by atoms with Gasteiger partial charge in [0.2, 0.25) is 11.8 Å². The van der Waals surface area contributed by atoms with Gasteiger partial charge in [0, 0.05) is 19.2 Å². The largest absolute Gasteiger partial charge is 0.497 e. The Morgan fingerprint density at radius 2 is 1.90 bits per heavy atom. The Balaban J connectivity index is 1.74. The maximum atomic E-state index is 13.1. The Morgan fingerprint density at radius 1 is 1.23 bits per heavy atom. The quantitative estimate of drug-likeness (QED) is 0.393. The summed E-state index contributed by atoms with van der Waals surface area (Å²) in [6.07, 6.45) is -4.68. The van der Waals surface area contributed by atoms with Gasteiger partial charge in [-0.25, -0.2) is 4.90 Å². The minimum Gasteiger partial charge on any atom is -0.497 e. The molecule has 2 amide bonds. The van der Waals surface area contributed by atoms with Gasteiger partial charge in [0.05, 0.1) is 23.4 Å². The lowest BCUT2D eigenvalue weighted by molar-refractivity contribution is -0.137. The SMILES string of the molecule is CN=C(Nc1ccc(Cl)c(C(F)(F)F)c1)S[C@@H]1CC(=O)N(c2ccc(OC)cc2)C1=O. The van der Waals surface area contributed by atoms with Crippen molar-refractivity contribution < 1.29 is 27.5 Å². The first-order valence-corrected chi connectivity index (χ1v) is 10.2. The zero-order valence-electron chi connectivity index (χ0n) is 16.4. The lowest BCUT2D eigenvalue weighted by atomic mass is 10.2. The highest BCUT2D eigenvalue weighted by molar-refractivity contribution is 8.15. The summed E-state index contributed by atoms with van der Waals surface area (Å²) in [4.78, 5) is 30.3. The van der Waals surface area contributed by atoms with Gasteiger partial charge in [-0.3, -0.25) is 14.6 Å². The highest BCUT2D eigenvalue weighted by Gasteiger charge is 2.41. The second-order valence-electron chi connectivity index (χ2n) is 6.42. The van der Waals surface area contributed by atoms with E-state index in [4.69, 9.17) is 16.3 Å². The van der Waals surface area contributed by atoms with Crippen LogP contribution in [-0.4, -0.2) is 36.4 Å². The molecular weight excluding hydrogens is 455 g/mol. The standard InChI is InChI=1S/C20H17ClF3N3O3S/c1-25-19(26-11-3-8-15(21)14(9-11)20(22,23)24)31-16-10-17(28)27(18(16)29)12-4-6-13(30-2)7-5-12/h3-9,16H,10H2,1-2H3,(H,25,26)/t16-/m1/s1. The maximum Gasteiger partial charge on any atom is 0.417 e. The number of benzene rings is 2. The normalized spacial score (nSPS) is 17.3. The lowest BCUT2D eigenvalue weighted by Crippen LogP contribution is -2.31. The van der Waals surface area contributed by atoms with Crippen LogP contribution < -0.4 is 15.0 Å². The van der Waals surface area contributed by atoms with Gasteiger partial charge in [0.15, 0.2) is 5.17 Å². The molecule has 1 saturated heterocycles. The maximum absolute atomic E-state index is 13.1. The van der Waals surface area contributed by atoms with Crippen molar-refractivity contribution in [2.45, 2.75) is 17.8 Å². The first kappa shape index (κ1) is 23.0. The number of anilines is 2. The van der Waals surface area contributed by atoms with Crippen LogP contribution >= 0.6 is 23.4 Å². The fourth-order valence-electron chi connectivity index (χ4n) is 2.92. The number of thioether (sulfide) groups is 1. The fraction of sp³-hybridized carbons (Fsp3) is 0.250. The van der Waals surface area contributed by atoms with E-state index in [1.165, 1.54) is 20.2 Å². The third kappa shape index (κ3) is 5.13. The summed E-state index contributed by atoms with van der Waals surface area (Å²) in [7, 11) is 2.93. The number of hydrogen-bond acceptors (Lipinski definition) is 5. The Labute approximate surface area is 185 Å². The van der Waals surface area contributed by atoms with E-state index in [9.17, 15) is 22.8 Å². The topological polar surface area (TPSA) is 71.0 Å². The number of amidine groups is 1.